The molecule has 1 aromatic carbocycles. The summed E-state index contributed by atoms with van der Waals surface area (Å²) in [7, 11) is -3.37. The first kappa shape index (κ1) is 15.5. The van der Waals surface area contributed by atoms with Crippen molar-refractivity contribution >= 4 is 21.4 Å². The van der Waals surface area contributed by atoms with Gasteiger partial charge in [-0.15, -0.1) is 0 Å². The molecule has 0 saturated heterocycles. The van der Waals surface area contributed by atoms with Crippen LogP contribution in [0.25, 0.3) is 0 Å². The van der Waals surface area contributed by atoms with Gasteiger partial charge in [-0.2, -0.15) is 0 Å². The Labute approximate surface area is 114 Å². The third-order valence-electron chi connectivity index (χ3n) is 3.04. The summed E-state index contributed by atoms with van der Waals surface area (Å²) in [6.45, 7) is 6.23. The standard InChI is InChI=1S/C13H20ClNO2S/c1-4-10(2)15-9-11(3)18(16,17)13-8-6-5-7-12(13)14/h5-8,10-11,15H,4,9H2,1-3H3. The molecule has 2 unspecified atom stereocenters. The topological polar surface area (TPSA) is 46.2 Å². The molecule has 0 bridgehead atoms. The van der Waals surface area contributed by atoms with Gasteiger partial charge in [0.25, 0.3) is 0 Å². The second kappa shape index (κ2) is 6.55. The lowest BCUT2D eigenvalue weighted by Gasteiger charge is -2.17. The molecule has 0 spiro atoms. The van der Waals surface area contributed by atoms with Crippen molar-refractivity contribution in [2.24, 2.45) is 0 Å². The molecular formula is C13H20ClNO2S. The maximum absolute atomic E-state index is 12.3. The quantitative estimate of drug-likeness (QED) is 0.876. The molecular weight excluding hydrogens is 270 g/mol. The van der Waals surface area contributed by atoms with E-state index in [-0.39, 0.29) is 9.92 Å². The molecule has 1 aromatic rings. The van der Waals surface area contributed by atoms with E-state index in [1.165, 1.54) is 0 Å². The lowest BCUT2D eigenvalue weighted by Crippen LogP contribution is -2.36. The maximum atomic E-state index is 12.3. The summed E-state index contributed by atoms with van der Waals surface area (Å²) >= 11 is 5.94. The number of halogens is 1. The van der Waals surface area contributed by atoms with E-state index < -0.39 is 15.1 Å². The SMILES string of the molecule is CCC(C)NCC(C)S(=O)(=O)c1ccccc1Cl. The average molecular weight is 290 g/mol. The van der Waals surface area contributed by atoms with Gasteiger partial charge >= 0.3 is 0 Å². The Bertz CT molecular complexity index is 488. The monoisotopic (exact) mass is 289 g/mol. The molecule has 0 aliphatic heterocycles. The zero-order chi connectivity index (χ0) is 13.8. The highest BCUT2D eigenvalue weighted by molar-refractivity contribution is 7.92. The summed E-state index contributed by atoms with van der Waals surface area (Å²) in [6, 6.07) is 6.88. The van der Waals surface area contributed by atoms with Crippen LogP contribution in [-0.4, -0.2) is 26.3 Å². The lowest BCUT2D eigenvalue weighted by atomic mass is 10.2. The number of nitrogens with one attached hydrogen (secondary N) is 1. The third-order valence-corrected chi connectivity index (χ3v) is 5.68. The van der Waals surface area contributed by atoms with Crippen LogP contribution in [0.3, 0.4) is 0 Å². The molecule has 102 valence electrons. The summed E-state index contributed by atoms with van der Waals surface area (Å²) in [6.07, 6.45) is 0.971. The van der Waals surface area contributed by atoms with Gasteiger partial charge < -0.3 is 5.32 Å². The average Bonchev–Trinajstić information content (AvgIpc) is 2.35. The van der Waals surface area contributed by atoms with Gasteiger partial charge in [-0.25, -0.2) is 8.42 Å². The van der Waals surface area contributed by atoms with Crippen LogP contribution in [0.15, 0.2) is 29.2 Å². The summed E-state index contributed by atoms with van der Waals surface area (Å²) in [5, 5.41) is 3.00. The van der Waals surface area contributed by atoms with Crippen LogP contribution in [0.5, 0.6) is 0 Å². The second-order valence-corrected chi connectivity index (χ2v) is 7.25. The Kier molecular flexibility index (Phi) is 5.63. The Balaban J connectivity index is 2.84. The van der Waals surface area contributed by atoms with E-state index >= 15 is 0 Å². The minimum absolute atomic E-state index is 0.213. The minimum Gasteiger partial charge on any atom is -0.313 e. The Morgan fingerprint density at radius 3 is 2.44 bits per heavy atom. The van der Waals surface area contributed by atoms with Crippen molar-refractivity contribution in [1.82, 2.24) is 5.32 Å². The smallest absolute Gasteiger partial charge is 0.183 e. The molecule has 0 radical (unpaired) electrons. The molecule has 0 heterocycles. The largest absolute Gasteiger partial charge is 0.313 e. The van der Waals surface area contributed by atoms with Gasteiger partial charge in [0.2, 0.25) is 0 Å². The van der Waals surface area contributed by atoms with Gasteiger partial charge in [0.1, 0.15) is 0 Å². The zero-order valence-electron chi connectivity index (χ0n) is 11.0. The normalized spacial score (nSPS) is 15.3. The van der Waals surface area contributed by atoms with E-state index in [4.69, 9.17) is 11.6 Å². The highest BCUT2D eigenvalue weighted by Crippen LogP contribution is 2.24. The molecule has 18 heavy (non-hydrogen) atoms. The van der Waals surface area contributed by atoms with Crippen LogP contribution >= 0.6 is 11.6 Å². The fourth-order valence-electron chi connectivity index (χ4n) is 1.51. The molecule has 0 aromatic heterocycles. The summed E-state index contributed by atoms with van der Waals surface area (Å²) < 4.78 is 24.7. The third kappa shape index (κ3) is 3.70. The van der Waals surface area contributed by atoms with Crippen LogP contribution in [-0.2, 0) is 9.84 Å². The summed E-state index contributed by atoms with van der Waals surface area (Å²) in [4.78, 5) is 0.213. The molecule has 0 saturated carbocycles. The molecule has 1 N–H and O–H groups in total. The Hall–Kier alpha value is -0.580. The van der Waals surface area contributed by atoms with E-state index in [1.807, 2.05) is 6.92 Å². The first-order valence-corrected chi connectivity index (χ1v) is 8.03. The second-order valence-electron chi connectivity index (χ2n) is 4.50. The predicted molar refractivity (Wildman–Crippen MR) is 75.9 cm³/mol. The van der Waals surface area contributed by atoms with Gasteiger partial charge in [0.05, 0.1) is 15.2 Å². The number of benzene rings is 1. The predicted octanol–water partition coefficient (Wildman–Crippen LogP) is 2.89. The van der Waals surface area contributed by atoms with Gasteiger partial charge in [0.15, 0.2) is 9.84 Å². The van der Waals surface area contributed by atoms with E-state index in [9.17, 15) is 8.42 Å². The van der Waals surface area contributed by atoms with Crippen molar-refractivity contribution < 1.29 is 8.42 Å². The van der Waals surface area contributed by atoms with Crippen molar-refractivity contribution in [2.45, 2.75) is 43.4 Å². The maximum Gasteiger partial charge on any atom is 0.183 e. The lowest BCUT2D eigenvalue weighted by molar-refractivity contribution is 0.520. The number of sulfone groups is 1. The van der Waals surface area contributed by atoms with Crippen LogP contribution < -0.4 is 5.32 Å². The number of hydrogen-bond acceptors (Lipinski definition) is 3. The number of hydrogen-bond donors (Lipinski definition) is 1. The van der Waals surface area contributed by atoms with Crippen LogP contribution in [0.1, 0.15) is 27.2 Å². The van der Waals surface area contributed by atoms with Crippen molar-refractivity contribution in [3.05, 3.63) is 29.3 Å². The van der Waals surface area contributed by atoms with E-state index in [2.05, 4.69) is 12.2 Å². The van der Waals surface area contributed by atoms with E-state index in [0.29, 0.717) is 12.6 Å². The minimum atomic E-state index is -3.37. The van der Waals surface area contributed by atoms with Gasteiger partial charge in [-0.05, 0) is 32.4 Å². The van der Waals surface area contributed by atoms with Gasteiger partial charge in [-0.3, -0.25) is 0 Å². The van der Waals surface area contributed by atoms with Crippen molar-refractivity contribution in [3.63, 3.8) is 0 Å². The Morgan fingerprint density at radius 2 is 1.89 bits per heavy atom. The summed E-state index contributed by atoms with van der Waals surface area (Å²) in [5.74, 6) is 0. The molecule has 0 fully saturated rings. The van der Waals surface area contributed by atoms with Crippen molar-refractivity contribution in [2.75, 3.05) is 6.54 Å². The fraction of sp³-hybridized carbons (Fsp3) is 0.538. The molecule has 0 aliphatic rings. The van der Waals surface area contributed by atoms with Crippen molar-refractivity contribution in [1.29, 1.82) is 0 Å². The fourth-order valence-corrected chi connectivity index (χ4v) is 3.33. The highest BCUT2D eigenvalue weighted by Gasteiger charge is 2.25. The molecule has 5 heteroatoms. The molecule has 3 nitrogen and oxygen atoms in total. The van der Waals surface area contributed by atoms with Gasteiger partial charge in [0, 0.05) is 12.6 Å². The molecule has 0 amide bonds. The van der Waals surface area contributed by atoms with Crippen LogP contribution in [0, 0.1) is 0 Å². The Morgan fingerprint density at radius 1 is 1.28 bits per heavy atom. The van der Waals surface area contributed by atoms with Gasteiger partial charge in [-0.1, -0.05) is 30.7 Å². The molecule has 1 rings (SSSR count). The van der Waals surface area contributed by atoms with Crippen LogP contribution in [0.2, 0.25) is 5.02 Å². The molecule has 2 atom stereocenters. The summed E-state index contributed by atoms with van der Waals surface area (Å²) in [5.41, 5.74) is 0. The zero-order valence-corrected chi connectivity index (χ0v) is 12.6. The first-order valence-electron chi connectivity index (χ1n) is 6.11. The van der Waals surface area contributed by atoms with E-state index in [0.717, 1.165) is 6.42 Å². The van der Waals surface area contributed by atoms with E-state index in [1.54, 1.807) is 31.2 Å². The van der Waals surface area contributed by atoms with Crippen molar-refractivity contribution in [3.8, 4) is 0 Å². The van der Waals surface area contributed by atoms with Crippen LogP contribution in [0.4, 0.5) is 0 Å². The number of rotatable bonds is 6. The molecule has 0 aliphatic carbocycles. The highest BCUT2D eigenvalue weighted by atomic mass is 35.5. The first-order chi connectivity index (χ1) is 8.39.